The van der Waals surface area contributed by atoms with Crippen LogP contribution in [0.1, 0.15) is 64.7 Å². The molecule has 2 unspecified atom stereocenters. The van der Waals surface area contributed by atoms with Gasteiger partial charge in [0, 0.05) is 44.8 Å². The molecule has 1 heterocycles. The molecule has 0 spiro atoms. The summed E-state index contributed by atoms with van der Waals surface area (Å²) in [4.78, 5) is 31.8. The Balaban J connectivity index is 0.00000210. The molecule has 3 rings (SSSR count). The highest BCUT2D eigenvalue weighted by Gasteiger charge is 2.40. The monoisotopic (exact) mass is 450 g/mol. The van der Waals surface area contributed by atoms with Gasteiger partial charge in [-0.3, -0.25) is 14.5 Å². The second kappa shape index (κ2) is 11.7. The highest BCUT2D eigenvalue weighted by atomic mass is 35.5. The number of hydrogen-bond donors (Lipinski definition) is 1. The lowest BCUT2D eigenvalue weighted by molar-refractivity contribution is -0.141. The van der Waals surface area contributed by atoms with E-state index in [0.29, 0.717) is 25.7 Å². The van der Waals surface area contributed by atoms with Crippen LogP contribution >= 0.6 is 24.8 Å². The topological polar surface area (TPSA) is 69.9 Å². The van der Waals surface area contributed by atoms with Crippen molar-refractivity contribution in [2.24, 2.45) is 11.7 Å². The van der Waals surface area contributed by atoms with Crippen molar-refractivity contribution in [1.82, 2.24) is 14.7 Å². The van der Waals surface area contributed by atoms with Crippen molar-refractivity contribution in [3.05, 3.63) is 0 Å². The van der Waals surface area contributed by atoms with Gasteiger partial charge in [-0.25, -0.2) is 0 Å². The van der Waals surface area contributed by atoms with Crippen LogP contribution in [0.3, 0.4) is 0 Å². The van der Waals surface area contributed by atoms with Gasteiger partial charge in [-0.2, -0.15) is 0 Å². The van der Waals surface area contributed by atoms with Crippen molar-refractivity contribution in [2.45, 2.75) is 76.3 Å². The summed E-state index contributed by atoms with van der Waals surface area (Å²) in [6.45, 7) is 5.50. The Kier molecular flexibility index (Phi) is 10.7. The van der Waals surface area contributed by atoms with Gasteiger partial charge in [-0.05, 0) is 32.6 Å². The number of halogens is 2. The third-order valence-electron chi connectivity index (χ3n) is 7.11. The van der Waals surface area contributed by atoms with E-state index < -0.39 is 0 Å². The van der Waals surface area contributed by atoms with Crippen LogP contribution in [0.15, 0.2) is 0 Å². The minimum Gasteiger partial charge on any atom is -0.342 e. The zero-order valence-corrected chi connectivity index (χ0v) is 19.7. The van der Waals surface area contributed by atoms with Gasteiger partial charge in [0.15, 0.2) is 0 Å². The summed E-state index contributed by atoms with van der Waals surface area (Å²) in [6.07, 6.45) is 10.1. The molecule has 170 valence electrons. The number of carbonyl (C=O) groups excluding carboxylic acids is 2. The molecule has 0 bridgehead atoms. The smallest absolute Gasteiger partial charge is 0.236 e. The van der Waals surface area contributed by atoms with E-state index in [-0.39, 0.29) is 48.1 Å². The zero-order valence-electron chi connectivity index (χ0n) is 18.1. The van der Waals surface area contributed by atoms with E-state index >= 15 is 0 Å². The van der Waals surface area contributed by atoms with Crippen molar-refractivity contribution in [3.8, 4) is 0 Å². The molecule has 0 radical (unpaired) electrons. The molecule has 0 aromatic carbocycles. The number of nitrogens with zero attached hydrogens (tertiary/aromatic N) is 3. The molecule has 0 aromatic heterocycles. The van der Waals surface area contributed by atoms with Gasteiger partial charge < -0.3 is 15.5 Å². The molecule has 2 atom stereocenters. The summed E-state index contributed by atoms with van der Waals surface area (Å²) < 4.78 is 0. The van der Waals surface area contributed by atoms with Crippen LogP contribution < -0.4 is 5.73 Å². The third kappa shape index (κ3) is 6.71. The molecule has 2 N–H and O–H groups in total. The van der Waals surface area contributed by atoms with Gasteiger partial charge in [-0.1, -0.05) is 32.1 Å². The molecule has 2 saturated carbocycles. The maximum absolute atomic E-state index is 13.0. The molecule has 2 aliphatic carbocycles. The van der Waals surface area contributed by atoms with Gasteiger partial charge in [0.05, 0.1) is 12.5 Å². The van der Waals surface area contributed by atoms with Crippen LogP contribution in [-0.4, -0.2) is 77.9 Å². The Morgan fingerprint density at radius 2 is 1.55 bits per heavy atom. The van der Waals surface area contributed by atoms with E-state index in [1.165, 1.54) is 19.3 Å². The Labute approximate surface area is 188 Å². The van der Waals surface area contributed by atoms with Crippen LogP contribution in [0.25, 0.3) is 0 Å². The van der Waals surface area contributed by atoms with E-state index in [1.807, 2.05) is 23.8 Å². The van der Waals surface area contributed by atoms with E-state index in [4.69, 9.17) is 5.73 Å². The highest BCUT2D eigenvalue weighted by Crippen LogP contribution is 2.33. The quantitative estimate of drug-likeness (QED) is 0.714. The van der Waals surface area contributed by atoms with Gasteiger partial charge >= 0.3 is 0 Å². The summed E-state index contributed by atoms with van der Waals surface area (Å²) in [7, 11) is 1.96. The normalized spacial score (nSPS) is 28.8. The molecule has 6 nitrogen and oxygen atoms in total. The molecule has 1 aliphatic heterocycles. The Morgan fingerprint density at radius 3 is 2.14 bits per heavy atom. The molecule has 2 amide bonds. The summed E-state index contributed by atoms with van der Waals surface area (Å²) in [5, 5.41) is 0. The van der Waals surface area contributed by atoms with Crippen molar-refractivity contribution in [1.29, 1.82) is 0 Å². The highest BCUT2D eigenvalue weighted by molar-refractivity contribution is 5.85. The van der Waals surface area contributed by atoms with Crippen LogP contribution in [0.4, 0.5) is 0 Å². The number of hydrogen-bond acceptors (Lipinski definition) is 4. The van der Waals surface area contributed by atoms with Crippen LogP contribution in [-0.2, 0) is 9.59 Å². The standard InChI is InChI=1S/C21H38N4O2.2ClH/c1-21(22)11-7-6-10-18(21)20(27)25-14-12-24(13-15-25)16-19(26)23(2)17-8-4-3-5-9-17;;/h17-18H,3-16,22H2,1-2H3;2*1H. The molecular weight excluding hydrogens is 411 g/mol. The number of amides is 2. The Bertz CT molecular complexity index is 533. The molecule has 29 heavy (non-hydrogen) atoms. The Morgan fingerprint density at radius 1 is 0.966 bits per heavy atom. The Hall–Kier alpha value is -0.560. The average molecular weight is 451 g/mol. The minimum absolute atomic E-state index is 0. The van der Waals surface area contributed by atoms with Gasteiger partial charge in [0.2, 0.25) is 11.8 Å². The van der Waals surface area contributed by atoms with Gasteiger partial charge in [0.1, 0.15) is 0 Å². The molecule has 3 aliphatic rings. The number of carbonyl (C=O) groups is 2. The number of rotatable bonds is 4. The molecule has 0 aromatic rings. The predicted octanol–water partition coefficient (Wildman–Crippen LogP) is 2.67. The SMILES string of the molecule is CN(C(=O)CN1CCN(C(=O)C2CCCCC2(C)N)CC1)C1CCCCC1.Cl.Cl. The average Bonchev–Trinajstić information content (AvgIpc) is 2.68. The maximum Gasteiger partial charge on any atom is 0.236 e. The predicted molar refractivity (Wildman–Crippen MR) is 122 cm³/mol. The van der Waals surface area contributed by atoms with Crippen LogP contribution in [0.5, 0.6) is 0 Å². The maximum atomic E-state index is 13.0. The fourth-order valence-electron chi connectivity index (χ4n) is 5.09. The molecule has 1 saturated heterocycles. The van der Waals surface area contributed by atoms with E-state index in [2.05, 4.69) is 4.90 Å². The number of piperazine rings is 1. The van der Waals surface area contributed by atoms with Crippen molar-refractivity contribution in [2.75, 3.05) is 39.8 Å². The summed E-state index contributed by atoms with van der Waals surface area (Å²) in [5.41, 5.74) is 6.05. The molecule has 8 heteroatoms. The van der Waals surface area contributed by atoms with Gasteiger partial charge in [-0.15, -0.1) is 24.8 Å². The molecule has 3 fully saturated rings. The summed E-state index contributed by atoms with van der Waals surface area (Å²) in [6, 6.07) is 0.419. The largest absolute Gasteiger partial charge is 0.342 e. The first-order valence-electron chi connectivity index (χ1n) is 10.9. The first-order chi connectivity index (χ1) is 12.9. The second-order valence-electron chi connectivity index (χ2n) is 9.20. The van der Waals surface area contributed by atoms with E-state index in [1.54, 1.807) is 0 Å². The van der Waals surface area contributed by atoms with Crippen molar-refractivity contribution >= 4 is 36.6 Å². The lowest BCUT2D eigenvalue weighted by atomic mass is 9.74. The van der Waals surface area contributed by atoms with E-state index in [9.17, 15) is 9.59 Å². The minimum atomic E-state index is -0.370. The second-order valence-corrected chi connectivity index (χ2v) is 9.20. The van der Waals surface area contributed by atoms with Crippen molar-refractivity contribution < 1.29 is 9.59 Å². The summed E-state index contributed by atoms with van der Waals surface area (Å²) >= 11 is 0. The van der Waals surface area contributed by atoms with Crippen molar-refractivity contribution in [3.63, 3.8) is 0 Å². The van der Waals surface area contributed by atoms with Crippen LogP contribution in [0.2, 0.25) is 0 Å². The number of nitrogens with two attached hydrogens (primary N) is 1. The molecular formula is C21H40Cl2N4O2. The zero-order chi connectivity index (χ0) is 19.4. The first-order valence-corrected chi connectivity index (χ1v) is 10.9. The van der Waals surface area contributed by atoms with Gasteiger partial charge in [0.25, 0.3) is 0 Å². The lowest BCUT2D eigenvalue weighted by Crippen LogP contribution is -2.58. The fourth-order valence-corrected chi connectivity index (χ4v) is 5.09. The number of likely N-dealkylation sites (N-methyl/N-ethyl adjacent to an activating group) is 1. The van der Waals surface area contributed by atoms with Crippen LogP contribution in [0, 0.1) is 5.92 Å². The fraction of sp³-hybridized carbons (Fsp3) is 0.905. The third-order valence-corrected chi connectivity index (χ3v) is 7.11. The first kappa shape index (κ1) is 26.5. The summed E-state index contributed by atoms with van der Waals surface area (Å²) in [5.74, 6) is 0.408. The lowest BCUT2D eigenvalue weighted by Gasteiger charge is -2.42. The van der Waals surface area contributed by atoms with E-state index in [0.717, 1.165) is 51.6 Å².